The van der Waals surface area contributed by atoms with E-state index in [2.05, 4.69) is 15.0 Å². The molecule has 5 rings (SSSR count). The monoisotopic (exact) mass is 682 g/mol. The van der Waals surface area contributed by atoms with E-state index < -0.39 is 34.4 Å². The number of halogens is 1. The second-order valence-electron chi connectivity index (χ2n) is 11.0. The second-order valence-corrected chi connectivity index (χ2v) is 12.7. The van der Waals surface area contributed by atoms with Crippen molar-refractivity contribution < 1.29 is 31.9 Å². The molecule has 0 aliphatic heterocycles. The summed E-state index contributed by atoms with van der Waals surface area (Å²) in [5, 5.41) is 2.97. The Hall–Kier alpha value is -5.75. The van der Waals surface area contributed by atoms with E-state index in [0.29, 0.717) is 5.75 Å². The van der Waals surface area contributed by atoms with Gasteiger partial charge in [0.15, 0.2) is 6.61 Å². The van der Waals surface area contributed by atoms with Crippen LogP contribution in [-0.4, -0.2) is 49.9 Å². The SMILES string of the molecule is COc1ccc(CN(C(=O)COc2ccc(S(=O)(=O)Nc3ccc(F)cc3)cc2)[C@@H](Cc2ccccc2)C(=O)NCc2ccncc2)cc1. The van der Waals surface area contributed by atoms with Crippen LogP contribution in [0.1, 0.15) is 16.7 Å². The third-order valence-electron chi connectivity index (χ3n) is 7.59. The van der Waals surface area contributed by atoms with Crippen molar-refractivity contribution in [3.05, 3.63) is 150 Å². The van der Waals surface area contributed by atoms with E-state index in [9.17, 15) is 22.4 Å². The fraction of sp³-hybridized carbons (Fsp3) is 0.162. The van der Waals surface area contributed by atoms with Crippen molar-refractivity contribution in [2.45, 2.75) is 30.4 Å². The molecule has 0 saturated carbocycles. The number of anilines is 1. The highest BCUT2D eigenvalue weighted by molar-refractivity contribution is 7.92. The first kappa shape index (κ1) is 34.6. The largest absolute Gasteiger partial charge is 0.497 e. The standard InChI is InChI=1S/C37H35FN4O6S/c1-47-32-13-7-29(8-14-32)25-42(35(23-27-5-3-2-4-6-27)37(44)40-24-28-19-21-39-22-20-28)36(43)26-48-33-15-17-34(18-16-33)49(45,46)41-31-11-9-30(38)10-12-31/h2-22,35,41H,23-26H2,1H3,(H,40,44)/t35-/m0/s1. The average Bonchev–Trinajstić information content (AvgIpc) is 3.13. The van der Waals surface area contributed by atoms with Gasteiger partial charge in [0.25, 0.3) is 15.9 Å². The van der Waals surface area contributed by atoms with Crippen molar-refractivity contribution in [2.75, 3.05) is 18.4 Å². The van der Waals surface area contributed by atoms with Crippen LogP contribution in [0.4, 0.5) is 10.1 Å². The van der Waals surface area contributed by atoms with Gasteiger partial charge in [-0.05, 0) is 89.5 Å². The van der Waals surface area contributed by atoms with E-state index in [-0.39, 0.29) is 41.7 Å². The third kappa shape index (κ3) is 9.88. The van der Waals surface area contributed by atoms with Crippen LogP contribution in [0.15, 0.2) is 133 Å². The lowest BCUT2D eigenvalue weighted by molar-refractivity contribution is -0.142. The van der Waals surface area contributed by atoms with E-state index in [1.165, 1.54) is 41.3 Å². The molecule has 0 radical (unpaired) electrons. The lowest BCUT2D eigenvalue weighted by Gasteiger charge is -2.31. The normalized spacial score (nSPS) is 11.6. The molecule has 1 heterocycles. The van der Waals surface area contributed by atoms with Crippen LogP contribution in [0.2, 0.25) is 0 Å². The van der Waals surface area contributed by atoms with Crippen molar-refractivity contribution in [2.24, 2.45) is 0 Å². The summed E-state index contributed by atoms with van der Waals surface area (Å²) >= 11 is 0. The van der Waals surface area contributed by atoms with Crippen molar-refractivity contribution in [1.29, 1.82) is 0 Å². The van der Waals surface area contributed by atoms with Gasteiger partial charge >= 0.3 is 0 Å². The molecule has 0 aliphatic rings. The number of pyridine rings is 1. The number of hydrogen-bond donors (Lipinski definition) is 2. The maximum Gasteiger partial charge on any atom is 0.261 e. The van der Waals surface area contributed by atoms with Gasteiger partial charge in [0, 0.05) is 37.6 Å². The summed E-state index contributed by atoms with van der Waals surface area (Å²) in [6, 6.07) is 29.8. The minimum Gasteiger partial charge on any atom is -0.497 e. The van der Waals surface area contributed by atoms with Crippen molar-refractivity contribution >= 4 is 27.5 Å². The molecule has 49 heavy (non-hydrogen) atoms. The number of sulfonamides is 1. The number of nitrogens with zero attached hydrogens (tertiary/aromatic N) is 2. The Balaban J connectivity index is 1.35. The molecule has 10 nitrogen and oxygen atoms in total. The van der Waals surface area contributed by atoms with Gasteiger partial charge in [0.05, 0.1) is 12.0 Å². The Bertz CT molecular complexity index is 1930. The number of methoxy groups -OCH3 is 1. The van der Waals surface area contributed by atoms with Crippen LogP contribution in [0.5, 0.6) is 11.5 Å². The van der Waals surface area contributed by atoms with Gasteiger partial charge in [-0.15, -0.1) is 0 Å². The highest BCUT2D eigenvalue weighted by Gasteiger charge is 2.31. The summed E-state index contributed by atoms with van der Waals surface area (Å²) in [7, 11) is -2.40. The molecule has 4 aromatic carbocycles. The van der Waals surface area contributed by atoms with E-state index in [1.807, 2.05) is 42.5 Å². The molecule has 0 fully saturated rings. The molecule has 252 valence electrons. The summed E-state index contributed by atoms with van der Waals surface area (Å²) in [5.74, 6) is -0.380. The van der Waals surface area contributed by atoms with Crippen molar-refractivity contribution in [3.8, 4) is 11.5 Å². The fourth-order valence-corrected chi connectivity index (χ4v) is 6.02. The molecule has 0 aliphatic carbocycles. The zero-order valence-electron chi connectivity index (χ0n) is 26.7. The smallest absolute Gasteiger partial charge is 0.261 e. The summed E-state index contributed by atoms with van der Waals surface area (Å²) in [6.07, 6.45) is 3.53. The first-order chi connectivity index (χ1) is 23.7. The quantitative estimate of drug-likeness (QED) is 0.152. The van der Waals surface area contributed by atoms with Crippen LogP contribution >= 0.6 is 0 Å². The number of rotatable bonds is 15. The zero-order chi connectivity index (χ0) is 34.6. The van der Waals surface area contributed by atoms with Crippen LogP contribution in [0, 0.1) is 5.82 Å². The highest BCUT2D eigenvalue weighted by atomic mass is 32.2. The number of nitrogens with one attached hydrogen (secondary N) is 2. The first-order valence-electron chi connectivity index (χ1n) is 15.3. The van der Waals surface area contributed by atoms with Gasteiger partial charge in [0.1, 0.15) is 23.4 Å². The highest BCUT2D eigenvalue weighted by Crippen LogP contribution is 2.21. The molecule has 2 amide bonds. The maximum atomic E-state index is 14.0. The molecule has 5 aromatic rings. The van der Waals surface area contributed by atoms with Gasteiger partial charge in [-0.1, -0.05) is 42.5 Å². The van der Waals surface area contributed by atoms with E-state index in [0.717, 1.165) is 28.8 Å². The molecule has 2 N–H and O–H groups in total. The molecule has 12 heteroatoms. The molecule has 1 atom stereocenters. The lowest BCUT2D eigenvalue weighted by Crippen LogP contribution is -2.51. The van der Waals surface area contributed by atoms with Gasteiger partial charge in [-0.3, -0.25) is 19.3 Å². The predicted octanol–water partition coefficient (Wildman–Crippen LogP) is 5.37. The van der Waals surface area contributed by atoms with Gasteiger partial charge < -0.3 is 19.7 Å². The number of hydrogen-bond acceptors (Lipinski definition) is 7. The molecule has 0 saturated heterocycles. The summed E-state index contributed by atoms with van der Waals surface area (Å²) in [6.45, 7) is -0.0589. The molecule has 0 spiro atoms. The number of benzene rings is 4. The Kier molecular flexibility index (Phi) is 11.6. The number of carbonyl (C=O) groups excluding carboxylic acids is 2. The van der Waals surface area contributed by atoms with Gasteiger partial charge in [-0.25, -0.2) is 12.8 Å². The predicted molar refractivity (Wildman–Crippen MR) is 183 cm³/mol. The summed E-state index contributed by atoms with van der Waals surface area (Å²) in [5.41, 5.74) is 2.71. The van der Waals surface area contributed by atoms with Gasteiger partial charge in [0.2, 0.25) is 5.91 Å². The minimum atomic E-state index is -3.96. The lowest BCUT2D eigenvalue weighted by atomic mass is 10.0. The second kappa shape index (κ2) is 16.4. The number of amides is 2. The molecular formula is C37H35FN4O6S. The fourth-order valence-electron chi connectivity index (χ4n) is 4.96. The Morgan fingerprint density at radius 1 is 0.796 bits per heavy atom. The first-order valence-corrected chi connectivity index (χ1v) is 16.8. The number of aromatic nitrogens is 1. The van der Waals surface area contributed by atoms with Crippen molar-refractivity contribution in [1.82, 2.24) is 15.2 Å². The molecule has 0 bridgehead atoms. The third-order valence-corrected chi connectivity index (χ3v) is 8.99. The van der Waals surface area contributed by atoms with Crippen LogP contribution < -0.4 is 19.5 Å². The average molecular weight is 683 g/mol. The minimum absolute atomic E-state index is 0.0505. The number of ether oxygens (including phenoxy) is 2. The van der Waals surface area contributed by atoms with Crippen LogP contribution in [0.25, 0.3) is 0 Å². The van der Waals surface area contributed by atoms with E-state index in [1.54, 1.807) is 43.8 Å². The van der Waals surface area contributed by atoms with Crippen LogP contribution in [-0.2, 0) is 39.1 Å². The zero-order valence-corrected chi connectivity index (χ0v) is 27.5. The number of carbonyl (C=O) groups is 2. The Morgan fingerprint density at radius 3 is 2.10 bits per heavy atom. The topological polar surface area (TPSA) is 127 Å². The molecule has 1 aromatic heterocycles. The van der Waals surface area contributed by atoms with E-state index in [4.69, 9.17) is 9.47 Å². The molecular weight excluding hydrogens is 647 g/mol. The van der Waals surface area contributed by atoms with Crippen LogP contribution in [0.3, 0.4) is 0 Å². The van der Waals surface area contributed by atoms with Crippen molar-refractivity contribution in [3.63, 3.8) is 0 Å². The molecule has 0 unspecified atom stereocenters. The summed E-state index contributed by atoms with van der Waals surface area (Å²) < 4.78 is 52.4. The Morgan fingerprint density at radius 2 is 1.45 bits per heavy atom. The Labute approximate surface area is 284 Å². The van der Waals surface area contributed by atoms with E-state index >= 15 is 0 Å². The van der Waals surface area contributed by atoms with Gasteiger partial charge in [-0.2, -0.15) is 0 Å². The summed E-state index contributed by atoms with van der Waals surface area (Å²) in [4.78, 5) is 33.3. The maximum absolute atomic E-state index is 14.0.